The summed E-state index contributed by atoms with van der Waals surface area (Å²) >= 11 is 3.29. The molecule has 1 rings (SSSR count). The van der Waals surface area contributed by atoms with E-state index in [4.69, 9.17) is 5.73 Å². The molecule has 1 aromatic carbocycles. The van der Waals surface area contributed by atoms with Crippen molar-refractivity contribution in [3.63, 3.8) is 0 Å². The van der Waals surface area contributed by atoms with Gasteiger partial charge in [0.2, 0.25) is 0 Å². The van der Waals surface area contributed by atoms with Crippen molar-refractivity contribution in [2.45, 2.75) is 6.92 Å². The summed E-state index contributed by atoms with van der Waals surface area (Å²) < 4.78 is 22.9. The third kappa shape index (κ3) is 4.50. The summed E-state index contributed by atoms with van der Waals surface area (Å²) in [6.45, 7) is 1.92. The van der Waals surface area contributed by atoms with Crippen molar-refractivity contribution >= 4 is 37.4 Å². The Morgan fingerprint density at radius 3 is 2.53 bits per heavy atom. The Morgan fingerprint density at radius 1 is 1.42 bits per heavy atom. The Hall–Kier alpha value is -1.08. The van der Waals surface area contributed by atoms with E-state index in [0.717, 1.165) is 10.7 Å². The van der Waals surface area contributed by atoms with E-state index in [1.807, 2.05) is 0 Å². The first kappa shape index (κ1) is 16.0. The van der Waals surface area contributed by atoms with E-state index in [1.54, 1.807) is 26.1 Å². The van der Waals surface area contributed by atoms with Crippen LogP contribution in [0.25, 0.3) is 0 Å². The van der Waals surface area contributed by atoms with Crippen LogP contribution in [0.15, 0.2) is 16.6 Å². The summed E-state index contributed by atoms with van der Waals surface area (Å²) in [5.41, 5.74) is 7.50. The Bertz CT molecular complexity index is 599. The van der Waals surface area contributed by atoms with Gasteiger partial charge in [0.15, 0.2) is 0 Å². The minimum atomic E-state index is -3.09. The average Bonchev–Trinajstić information content (AvgIpc) is 2.28. The number of nitrogen functional groups attached to an aromatic ring is 1. The van der Waals surface area contributed by atoms with Gasteiger partial charge in [-0.1, -0.05) is 15.9 Å². The average molecular weight is 349 g/mol. The van der Waals surface area contributed by atoms with Crippen LogP contribution in [0.5, 0.6) is 0 Å². The van der Waals surface area contributed by atoms with Gasteiger partial charge in [-0.25, -0.2) is 8.42 Å². The molecular weight excluding hydrogens is 332 g/mol. The molecule has 0 unspecified atom stereocenters. The number of hydrogen-bond donors (Lipinski definition) is 1. The van der Waals surface area contributed by atoms with Crippen molar-refractivity contribution in [1.82, 2.24) is 4.90 Å². The second kappa shape index (κ2) is 5.92. The summed E-state index contributed by atoms with van der Waals surface area (Å²) in [6, 6.07) is 3.41. The number of carbonyl (C=O) groups is 1. The monoisotopic (exact) mass is 348 g/mol. The molecule has 106 valence electrons. The maximum absolute atomic E-state index is 12.2. The molecule has 0 saturated heterocycles. The molecule has 0 aliphatic heterocycles. The molecule has 19 heavy (non-hydrogen) atoms. The summed E-state index contributed by atoms with van der Waals surface area (Å²) in [4.78, 5) is 13.6. The van der Waals surface area contributed by atoms with Crippen LogP contribution >= 0.6 is 15.9 Å². The molecule has 0 heterocycles. The van der Waals surface area contributed by atoms with Crippen molar-refractivity contribution in [2.75, 3.05) is 31.3 Å². The lowest BCUT2D eigenvalue weighted by molar-refractivity contribution is 0.0802. The molecule has 0 atom stereocenters. The van der Waals surface area contributed by atoms with Crippen molar-refractivity contribution in [2.24, 2.45) is 0 Å². The molecule has 5 nitrogen and oxygen atoms in total. The second-order valence-corrected chi connectivity index (χ2v) is 7.70. The highest BCUT2D eigenvalue weighted by molar-refractivity contribution is 9.10. The SMILES string of the molecule is Cc1c(N)cc(Br)cc1C(=O)N(C)CCS(C)(=O)=O. The number of amides is 1. The quantitative estimate of drug-likeness (QED) is 0.835. The van der Waals surface area contributed by atoms with Gasteiger partial charge in [0.05, 0.1) is 5.75 Å². The summed E-state index contributed by atoms with van der Waals surface area (Å²) in [6.07, 6.45) is 1.15. The third-order valence-electron chi connectivity index (χ3n) is 2.79. The Morgan fingerprint density at radius 2 is 2.00 bits per heavy atom. The Labute approximate surface area is 121 Å². The van der Waals surface area contributed by atoms with E-state index in [2.05, 4.69) is 15.9 Å². The fourth-order valence-corrected chi connectivity index (χ4v) is 2.61. The molecule has 1 aromatic rings. The zero-order chi connectivity index (χ0) is 14.8. The highest BCUT2D eigenvalue weighted by Gasteiger charge is 2.17. The molecule has 0 fully saturated rings. The van der Waals surface area contributed by atoms with Crippen LogP contribution < -0.4 is 5.73 Å². The fraction of sp³-hybridized carbons (Fsp3) is 0.417. The topological polar surface area (TPSA) is 80.5 Å². The predicted molar refractivity (Wildman–Crippen MR) is 80.0 cm³/mol. The number of sulfone groups is 1. The molecule has 0 spiro atoms. The van der Waals surface area contributed by atoms with E-state index in [-0.39, 0.29) is 18.2 Å². The zero-order valence-corrected chi connectivity index (χ0v) is 13.5. The van der Waals surface area contributed by atoms with E-state index in [9.17, 15) is 13.2 Å². The maximum Gasteiger partial charge on any atom is 0.254 e. The molecule has 2 N–H and O–H groups in total. The fourth-order valence-electron chi connectivity index (χ4n) is 1.53. The van der Waals surface area contributed by atoms with Crippen LogP contribution in [0.3, 0.4) is 0 Å². The van der Waals surface area contributed by atoms with E-state index >= 15 is 0 Å². The molecular formula is C12H17BrN2O3S. The molecule has 7 heteroatoms. The second-order valence-electron chi connectivity index (χ2n) is 4.52. The number of rotatable bonds is 4. The van der Waals surface area contributed by atoms with Crippen LogP contribution in [0.4, 0.5) is 5.69 Å². The standard InChI is InChI=1S/C12H17BrN2O3S/c1-8-10(6-9(13)7-11(8)14)12(16)15(2)4-5-19(3,17)18/h6-7H,4-5,14H2,1-3H3. The number of nitrogens with zero attached hydrogens (tertiary/aromatic N) is 1. The smallest absolute Gasteiger partial charge is 0.254 e. The molecule has 1 amide bonds. The van der Waals surface area contributed by atoms with Gasteiger partial charge in [0.1, 0.15) is 9.84 Å². The number of nitrogens with two attached hydrogens (primary N) is 1. The highest BCUT2D eigenvalue weighted by Crippen LogP contribution is 2.23. The van der Waals surface area contributed by atoms with Gasteiger partial charge in [0.25, 0.3) is 5.91 Å². The lowest BCUT2D eigenvalue weighted by Gasteiger charge is -2.18. The van der Waals surface area contributed by atoms with Crippen molar-refractivity contribution < 1.29 is 13.2 Å². The highest BCUT2D eigenvalue weighted by atomic mass is 79.9. The Kier molecular flexibility index (Phi) is 4.98. The van der Waals surface area contributed by atoms with Gasteiger partial charge in [-0.3, -0.25) is 4.79 Å². The van der Waals surface area contributed by atoms with Gasteiger partial charge in [-0.05, 0) is 24.6 Å². The minimum Gasteiger partial charge on any atom is -0.398 e. The molecule has 0 aromatic heterocycles. The first-order chi connectivity index (χ1) is 8.61. The minimum absolute atomic E-state index is 0.0578. The van der Waals surface area contributed by atoms with Gasteiger partial charge in [-0.15, -0.1) is 0 Å². The van der Waals surface area contributed by atoms with Crippen LogP contribution in [-0.2, 0) is 9.84 Å². The van der Waals surface area contributed by atoms with Gasteiger partial charge < -0.3 is 10.6 Å². The number of halogens is 1. The number of carbonyl (C=O) groups excluding carboxylic acids is 1. The van der Waals surface area contributed by atoms with Gasteiger partial charge >= 0.3 is 0 Å². The van der Waals surface area contributed by atoms with Crippen LogP contribution in [0.1, 0.15) is 15.9 Å². The van der Waals surface area contributed by atoms with Crippen molar-refractivity contribution in [3.05, 3.63) is 27.7 Å². The van der Waals surface area contributed by atoms with Crippen molar-refractivity contribution in [3.8, 4) is 0 Å². The largest absolute Gasteiger partial charge is 0.398 e. The van der Waals surface area contributed by atoms with Crippen LogP contribution in [-0.4, -0.2) is 44.8 Å². The lowest BCUT2D eigenvalue weighted by Crippen LogP contribution is -2.32. The van der Waals surface area contributed by atoms with Gasteiger partial charge in [-0.2, -0.15) is 0 Å². The molecule has 0 saturated carbocycles. The third-order valence-corrected chi connectivity index (χ3v) is 4.17. The van der Waals surface area contributed by atoms with E-state index in [1.165, 1.54) is 4.90 Å². The number of benzene rings is 1. The Balaban J connectivity index is 2.94. The summed E-state index contributed by atoms with van der Waals surface area (Å²) in [5, 5.41) is 0. The lowest BCUT2D eigenvalue weighted by atomic mass is 10.1. The number of hydrogen-bond acceptors (Lipinski definition) is 4. The maximum atomic E-state index is 12.2. The summed E-state index contributed by atoms with van der Waals surface area (Å²) in [7, 11) is -1.52. The molecule has 0 aliphatic rings. The van der Waals surface area contributed by atoms with Gasteiger partial charge in [0, 0.05) is 35.6 Å². The van der Waals surface area contributed by atoms with Crippen LogP contribution in [0.2, 0.25) is 0 Å². The van der Waals surface area contributed by atoms with E-state index in [0.29, 0.717) is 16.8 Å². The first-order valence-electron chi connectivity index (χ1n) is 5.60. The molecule has 0 bridgehead atoms. The number of anilines is 1. The van der Waals surface area contributed by atoms with Crippen molar-refractivity contribution in [1.29, 1.82) is 0 Å². The molecule has 0 aliphatic carbocycles. The normalized spacial score (nSPS) is 11.4. The first-order valence-corrected chi connectivity index (χ1v) is 8.46. The molecule has 0 radical (unpaired) electrons. The zero-order valence-electron chi connectivity index (χ0n) is 11.1. The summed E-state index contributed by atoms with van der Waals surface area (Å²) in [5.74, 6) is -0.299. The van der Waals surface area contributed by atoms with Crippen LogP contribution in [0, 0.1) is 6.92 Å². The van der Waals surface area contributed by atoms with E-state index < -0.39 is 9.84 Å². The predicted octanol–water partition coefficient (Wildman–Crippen LogP) is 1.46.